The second-order valence-corrected chi connectivity index (χ2v) is 9.71. The van der Waals surface area contributed by atoms with Crippen LogP contribution in [0.3, 0.4) is 0 Å². The smallest absolute Gasteiger partial charge is 0.0470 e. The largest absolute Gasteiger partial charge is 0.398 e. The monoisotopic (exact) mass is 458 g/mol. The molecule has 0 aliphatic rings. The van der Waals surface area contributed by atoms with Crippen molar-refractivity contribution in [3.05, 3.63) is 115 Å². The molecule has 8 aromatic carbocycles. The predicted octanol–water partition coefficient (Wildman–Crippen LogP) is 9.37. The zero-order chi connectivity index (χ0) is 23.8. The molecule has 0 heterocycles. The molecule has 36 heavy (non-hydrogen) atoms. The number of rotatable bonds is 2. The number of nitrogens with two attached hydrogens (primary N) is 1. The highest BCUT2D eigenvalue weighted by molar-refractivity contribution is 6.27. The molecule has 8 rings (SSSR count). The summed E-state index contributed by atoms with van der Waals surface area (Å²) >= 11 is 0. The first-order chi connectivity index (χ1) is 17.7. The van der Waals surface area contributed by atoms with Crippen LogP contribution in [0.2, 0.25) is 0 Å². The number of fused-ring (bicyclic) bond motifs is 4. The van der Waals surface area contributed by atoms with Gasteiger partial charge in [0.1, 0.15) is 0 Å². The van der Waals surface area contributed by atoms with Gasteiger partial charge in [0.15, 0.2) is 0 Å². The third-order valence-corrected chi connectivity index (χ3v) is 7.69. The summed E-state index contributed by atoms with van der Waals surface area (Å²) in [5.41, 5.74) is 9.40. The Morgan fingerprint density at radius 1 is 0.389 bits per heavy atom. The van der Waals surface area contributed by atoms with Gasteiger partial charge in [0.25, 0.3) is 0 Å². The molecule has 0 atom stereocenters. The summed E-state index contributed by atoms with van der Waals surface area (Å²) in [4.78, 5) is 0. The lowest BCUT2D eigenvalue weighted by Crippen LogP contribution is -1.95. The van der Waals surface area contributed by atoms with E-state index in [1.807, 2.05) is 6.07 Å². The summed E-state index contributed by atoms with van der Waals surface area (Å²) in [7, 11) is 0. The molecule has 0 aliphatic heterocycles. The topological polar surface area (TPSA) is 38.0 Å². The lowest BCUT2D eigenvalue weighted by Gasteiger charge is -2.17. The molecule has 3 N–H and O–H groups in total. The first-order valence-corrected chi connectivity index (χ1v) is 12.3. The number of nitrogens with one attached hydrogen (secondary N) is 1. The van der Waals surface area contributed by atoms with E-state index in [-0.39, 0.29) is 0 Å². The van der Waals surface area contributed by atoms with Crippen molar-refractivity contribution in [1.82, 2.24) is 0 Å². The van der Waals surface area contributed by atoms with Crippen LogP contribution in [0.1, 0.15) is 0 Å². The van der Waals surface area contributed by atoms with Crippen molar-refractivity contribution in [2.75, 3.05) is 11.1 Å². The molecule has 0 aliphatic carbocycles. The molecule has 0 unspecified atom stereocenters. The van der Waals surface area contributed by atoms with Crippen molar-refractivity contribution in [3.63, 3.8) is 0 Å². The summed E-state index contributed by atoms with van der Waals surface area (Å²) in [6, 6.07) is 41.5. The maximum absolute atomic E-state index is 6.37. The highest BCUT2D eigenvalue weighted by atomic mass is 14.9. The van der Waals surface area contributed by atoms with Crippen molar-refractivity contribution < 1.29 is 0 Å². The van der Waals surface area contributed by atoms with Gasteiger partial charge >= 0.3 is 0 Å². The number of benzene rings is 8. The normalized spacial score (nSPS) is 12.0. The zero-order valence-electron chi connectivity index (χ0n) is 19.5. The van der Waals surface area contributed by atoms with E-state index in [2.05, 4.69) is 115 Å². The van der Waals surface area contributed by atoms with Gasteiger partial charge in [0.05, 0.1) is 0 Å². The van der Waals surface area contributed by atoms with Gasteiger partial charge in [-0.15, -0.1) is 0 Å². The van der Waals surface area contributed by atoms with Gasteiger partial charge in [-0.2, -0.15) is 0 Å². The molecule has 0 fully saturated rings. The fourth-order valence-electron chi connectivity index (χ4n) is 5.98. The number of hydrogen-bond donors (Lipinski definition) is 2. The van der Waals surface area contributed by atoms with Gasteiger partial charge in [0.2, 0.25) is 0 Å². The van der Waals surface area contributed by atoms with Gasteiger partial charge in [0, 0.05) is 33.2 Å². The standard InChI is InChI=1S/C34H22N2/c35-29-16-12-21-8-9-22-13-17-30(27-15-14-26(29)33(21)34(22)27)36-31-7-3-6-20-10-11-25-18-23-4-1-2-5-24(23)19-28(25)32(20)31/h1-19,36H,35H2. The zero-order valence-corrected chi connectivity index (χ0v) is 19.5. The molecular weight excluding hydrogens is 436 g/mol. The lowest BCUT2D eigenvalue weighted by molar-refractivity contribution is 1.63. The molecule has 0 radical (unpaired) electrons. The average Bonchev–Trinajstić information content (AvgIpc) is 2.92. The van der Waals surface area contributed by atoms with E-state index in [0.717, 1.165) is 22.4 Å². The molecule has 0 saturated carbocycles. The van der Waals surface area contributed by atoms with E-state index in [1.165, 1.54) is 59.2 Å². The van der Waals surface area contributed by atoms with Crippen LogP contribution >= 0.6 is 0 Å². The van der Waals surface area contributed by atoms with E-state index < -0.39 is 0 Å². The molecule has 0 amide bonds. The average molecular weight is 459 g/mol. The minimum absolute atomic E-state index is 0.822. The molecule has 168 valence electrons. The number of nitrogen functional groups attached to an aromatic ring is 1. The van der Waals surface area contributed by atoms with Crippen LogP contribution in [-0.4, -0.2) is 0 Å². The first-order valence-electron chi connectivity index (χ1n) is 12.3. The Balaban J connectivity index is 1.40. The Hall–Kier alpha value is -4.82. The van der Waals surface area contributed by atoms with Crippen LogP contribution in [0.15, 0.2) is 115 Å². The maximum Gasteiger partial charge on any atom is 0.0470 e. The van der Waals surface area contributed by atoms with Crippen LogP contribution < -0.4 is 11.1 Å². The summed E-state index contributed by atoms with van der Waals surface area (Å²) in [5, 5.41) is 18.6. The highest BCUT2D eigenvalue weighted by Gasteiger charge is 2.14. The van der Waals surface area contributed by atoms with Gasteiger partial charge in [-0.1, -0.05) is 84.9 Å². The number of hydrogen-bond acceptors (Lipinski definition) is 2. The molecule has 0 spiro atoms. The van der Waals surface area contributed by atoms with E-state index >= 15 is 0 Å². The first kappa shape index (κ1) is 19.5. The molecule has 8 aromatic rings. The van der Waals surface area contributed by atoms with Gasteiger partial charge in [-0.3, -0.25) is 0 Å². The molecule has 0 bridgehead atoms. The molecule has 2 heteroatoms. The van der Waals surface area contributed by atoms with Crippen LogP contribution in [0.25, 0.3) is 64.6 Å². The van der Waals surface area contributed by atoms with Gasteiger partial charge in [-0.25, -0.2) is 0 Å². The van der Waals surface area contributed by atoms with Crippen LogP contribution in [-0.2, 0) is 0 Å². The maximum atomic E-state index is 6.37. The Bertz CT molecular complexity index is 2140. The highest BCUT2D eigenvalue weighted by Crippen LogP contribution is 2.41. The summed E-state index contributed by atoms with van der Waals surface area (Å²) in [6.07, 6.45) is 0. The third-order valence-electron chi connectivity index (χ3n) is 7.69. The van der Waals surface area contributed by atoms with E-state index in [9.17, 15) is 0 Å². The minimum atomic E-state index is 0.822. The van der Waals surface area contributed by atoms with Crippen molar-refractivity contribution in [2.24, 2.45) is 0 Å². The number of anilines is 3. The minimum Gasteiger partial charge on any atom is -0.398 e. The quantitative estimate of drug-likeness (QED) is 0.154. The van der Waals surface area contributed by atoms with E-state index in [1.54, 1.807) is 0 Å². The van der Waals surface area contributed by atoms with Gasteiger partial charge < -0.3 is 11.1 Å². The van der Waals surface area contributed by atoms with Crippen LogP contribution in [0, 0.1) is 0 Å². The summed E-state index contributed by atoms with van der Waals surface area (Å²) in [5.74, 6) is 0. The Morgan fingerprint density at radius 3 is 1.83 bits per heavy atom. The molecule has 0 saturated heterocycles. The Kier molecular flexibility index (Phi) is 3.84. The van der Waals surface area contributed by atoms with Crippen molar-refractivity contribution in [1.29, 1.82) is 0 Å². The van der Waals surface area contributed by atoms with Crippen LogP contribution in [0.5, 0.6) is 0 Å². The van der Waals surface area contributed by atoms with Crippen molar-refractivity contribution in [3.8, 4) is 0 Å². The fraction of sp³-hybridized carbons (Fsp3) is 0. The Morgan fingerprint density at radius 2 is 1.00 bits per heavy atom. The fourth-order valence-corrected chi connectivity index (χ4v) is 5.98. The van der Waals surface area contributed by atoms with Gasteiger partial charge in [-0.05, 0) is 78.8 Å². The predicted molar refractivity (Wildman–Crippen MR) is 157 cm³/mol. The molecular formula is C34H22N2. The lowest BCUT2D eigenvalue weighted by atomic mass is 9.92. The molecule has 0 aromatic heterocycles. The summed E-state index contributed by atoms with van der Waals surface area (Å²) < 4.78 is 0. The Labute approximate surface area is 207 Å². The van der Waals surface area contributed by atoms with Crippen molar-refractivity contribution in [2.45, 2.75) is 0 Å². The summed E-state index contributed by atoms with van der Waals surface area (Å²) in [6.45, 7) is 0. The second kappa shape index (κ2) is 7.10. The SMILES string of the molecule is Nc1ccc2ccc3ccc(Nc4cccc5ccc6cc7ccccc7cc6c45)c4ccc1c2c34. The second-order valence-electron chi connectivity index (χ2n) is 9.71. The van der Waals surface area contributed by atoms with E-state index in [0.29, 0.717) is 0 Å². The van der Waals surface area contributed by atoms with E-state index in [4.69, 9.17) is 5.73 Å². The van der Waals surface area contributed by atoms with Crippen molar-refractivity contribution >= 4 is 81.7 Å². The van der Waals surface area contributed by atoms with Crippen LogP contribution in [0.4, 0.5) is 17.1 Å². The molecule has 2 nitrogen and oxygen atoms in total. The third kappa shape index (κ3) is 2.67.